The second kappa shape index (κ2) is 9.11. The van der Waals surface area contributed by atoms with Crippen LogP contribution in [0.3, 0.4) is 0 Å². The van der Waals surface area contributed by atoms with E-state index in [1.165, 1.54) is 17.3 Å². The molecule has 154 valence electrons. The fourth-order valence-electron chi connectivity index (χ4n) is 2.97. The zero-order valence-electron chi connectivity index (χ0n) is 17.2. The normalized spacial score (nSPS) is 13.7. The zero-order valence-corrected chi connectivity index (χ0v) is 20.5. The summed E-state index contributed by atoms with van der Waals surface area (Å²) in [5.74, 6) is 0.790. The minimum Gasteiger partial charge on any atom is -0.488 e. The number of benzene rings is 2. The van der Waals surface area contributed by atoms with Gasteiger partial charge in [-0.1, -0.05) is 32.9 Å². The minimum absolute atomic E-state index is 0.00893. The van der Waals surface area contributed by atoms with Crippen molar-refractivity contribution >= 4 is 55.5 Å². The van der Waals surface area contributed by atoms with Gasteiger partial charge in [0.1, 0.15) is 17.9 Å². The van der Waals surface area contributed by atoms with E-state index in [4.69, 9.17) is 9.15 Å². The summed E-state index contributed by atoms with van der Waals surface area (Å²) in [4.78, 5) is 0. The molecule has 6 heteroatoms. The van der Waals surface area contributed by atoms with E-state index in [0.717, 1.165) is 36.6 Å². The molecule has 29 heavy (non-hydrogen) atoms. The predicted molar refractivity (Wildman–Crippen MR) is 129 cm³/mol. The summed E-state index contributed by atoms with van der Waals surface area (Å²) in [6.07, 6.45) is 7.28. The van der Waals surface area contributed by atoms with E-state index in [1.54, 1.807) is 12.5 Å². The Morgan fingerprint density at radius 1 is 1.24 bits per heavy atom. The Morgan fingerprint density at radius 3 is 2.66 bits per heavy atom. The molecule has 0 aliphatic heterocycles. The van der Waals surface area contributed by atoms with Crippen molar-refractivity contribution in [3.63, 3.8) is 0 Å². The Hall–Kier alpha value is -1.50. The number of fused-ring (bicyclic) bond motifs is 1. The maximum absolute atomic E-state index is 12.0. The van der Waals surface area contributed by atoms with E-state index in [9.17, 15) is 4.21 Å². The number of rotatable bonds is 6. The molecular formula is C23H25BrO3S2. The van der Waals surface area contributed by atoms with E-state index < -0.39 is 10.8 Å². The Morgan fingerprint density at radius 2 is 2.00 bits per heavy atom. The Kier molecular flexibility index (Phi) is 6.97. The lowest BCUT2D eigenvalue weighted by Gasteiger charge is -2.21. The maximum atomic E-state index is 12.0. The third-order valence-electron chi connectivity index (χ3n) is 4.60. The minimum atomic E-state index is -1.04. The molecule has 0 saturated heterocycles. The van der Waals surface area contributed by atoms with Gasteiger partial charge in [-0.2, -0.15) is 0 Å². The fraction of sp³-hybridized carbons (Fsp3) is 0.304. The number of halogens is 1. The molecule has 0 N–H and O–H groups in total. The third-order valence-corrected chi connectivity index (χ3v) is 7.60. The number of hydrogen-bond acceptors (Lipinski definition) is 4. The van der Waals surface area contributed by atoms with Gasteiger partial charge in [0.15, 0.2) is 0 Å². The molecule has 1 unspecified atom stereocenters. The van der Waals surface area contributed by atoms with Gasteiger partial charge in [0, 0.05) is 17.2 Å². The van der Waals surface area contributed by atoms with Crippen molar-refractivity contribution in [1.29, 1.82) is 0 Å². The van der Waals surface area contributed by atoms with Crippen LogP contribution in [0.25, 0.3) is 17.0 Å². The summed E-state index contributed by atoms with van der Waals surface area (Å²) in [7, 11) is -1.04. The summed E-state index contributed by atoms with van der Waals surface area (Å²) in [5, 5.41) is 1.03. The smallest absolute Gasteiger partial charge is 0.148 e. The summed E-state index contributed by atoms with van der Waals surface area (Å²) >= 11 is 5.07. The van der Waals surface area contributed by atoms with Crippen molar-refractivity contribution in [3.05, 3.63) is 68.1 Å². The zero-order chi connectivity index (χ0) is 21.2. The predicted octanol–water partition coefficient (Wildman–Crippen LogP) is 7.11. The Balaban J connectivity index is 1.97. The van der Waals surface area contributed by atoms with Crippen molar-refractivity contribution < 1.29 is 13.4 Å². The molecule has 0 radical (unpaired) electrons. The molecule has 3 nitrogen and oxygen atoms in total. The van der Waals surface area contributed by atoms with Crippen LogP contribution in [0.15, 0.2) is 55.8 Å². The molecule has 3 aromatic rings. The van der Waals surface area contributed by atoms with Crippen molar-refractivity contribution in [2.24, 2.45) is 0 Å². The average Bonchev–Trinajstić information content (AvgIpc) is 3.13. The third kappa shape index (κ3) is 5.36. The highest BCUT2D eigenvalue weighted by molar-refractivity contribution is 9.10. The standard InChI is InChI=1S/C23H25BrO3S2/c1-23(2,3)18-7-6-16(12-21(28-4)29(5)25)20(13-18)27-14-15-10-17-8-9-26-22(17)19(24)11-15/h6-13H,14H2,1-5H3. The average molecular weight is 493 g/mol. The molecule has 0 spiro atoms. The molecule has 0 amide bonds. The Labute approximate surface area is 187 Å². The van der Waals surface area contributed by atoms with Crippen LogP contribution in [-0.2, 0) is 22.8 Å². The fourth-order valence-corrected chi connectivity index (χ4v) is 5.07. The molecule has 0 bridgehead atoms. The van der Waals surface area contributed by atoms with E-state index in [-0.39, 0.29) is 5.41 Å². The van der Waals surface area contributed by atoms with Crippen LogP contribution in [0.5, 0.6) is 5.75 Å². The number of hydrogen-bond donors (Lipinski definition) is 0. The molecule has 0 fully saturated rings. The van der Waals surface area contributed by atoms with Crippen molar-refractivity contribution in [2.45, 2.75) is 32.8 Å². The van der Waals surface area contributed by atoms with Gasteiger partial charge in [-0.05, 0) is 69.1 Å². The van der Waals surface area contributed by atoms with Gasteiger partial charge >= 0.3 is 0 Å². The van der Waals surface area contributed by atoms with Gasteiger partial charge in [-0.25, -0.2) is 0 Å². The number of ether oxygens (including phenoxy) is 1. The number of thioether (sulfide) groups is 1. The number of furan rings is 1. The van der Waals surface area contributed by atoms with Gasteiger partial charge in [-0.15, -0.1) is 11.8 Å². The van der Waals surface area contributed by atoms with E-state index in [1.807, 2.05) is 30.5 Å². The molecule has 1 atom stereocenters. The first-order valence-electron chi connectivity index (χ1n) is 9.21. The molecular weight excluding hydrogens is 468 g/mol. The highest BCUT2D eigenvalue weighted by Gasteiger charge is 2.17. The van der Waals surface area contributed by atoms with Crippen molar-refractivity contribution in [1.82, 2.24) is 0 Å². The van der Waals surface area contributed by atoms with Crippen LogP contribution >= 0.6 is 27.7 Å². The van der Waals surface area contributed by atoms with E-state index in [0.29, 0.717) is 6.61 Å². The highest BCUT2D eigenvalue weighted by Crippen LogP contribution is 2.33. The van der Waals surface area contributed by atoms with Gasteiger partial charge in [0.25, 0.3) is 0 Å². The van der Waals surface area contributed by atoms with Gasteiger partial charge in [-0.3, -0.25) is 4.21 Å². The molecule has 1 aromatic heterocycles. The van der Waals surface area contributed by atoms with Gasteiger partial charge in [0.2, 0.25) is 0 Å². The van der Waals surface area contributed by atoms with Crippen molar-refractivity contribution in [2.75, 3.05) is 12.5 Å². The lowest BCUT2D eigenvalue weighted by molar-refractivity contribution is 0.305. The summed E-state index contributed by atoms with van der Waals surface area (Å²) < 4.78 is 25.5. The largest absolute Gasteiger partial charge is 0.488 e. The SMILES string of the molecule is CSC(=Cc1ccc(C(C)(C)C)cc1OCc1cc(Br)c2occc2c1)S(C)=O. The first-order valence-corrected chi connectivity index (χ1v) is 12.8. The second-order valence-electron chi connectivity index (χ2n) is 7.83. The first-order chi connectivity index (χ1) is 13.7. The van der Waals surface area contributed by atoms with Crippen LogP contribution in [0.1, 0.15) is 37.5 Å². The first kappa shape index (κ1) is 22.2. The molecule has 0 saturated carbocycles. The van der Waals surface area contributed by atoms with E-state index >= 15 is 0 Å². The van der Waals surface area contributed by atoms with Gasteiger partial charge < -0.3 is 9.15 Å². The van der Waals surface area contributed by atoms with Crippen molar-refractivity contribution in [3.8, 4) is 5.75 Å². The lowest BCUT2D eigenvalue weighted by atomic mass is 9.86. The van der Waals surface area contributed by atoms with E-state index in [2.05, 4.69) is 54.9 Å². The van der Waals surface area contributed by atoms with Gasteiger partial charge in [0.05, 0.1) is 25.8 Å². The van der Waals surface area contributed by atoms with Crippen LogP contribution in [0, 0.1) is 0 Å². The molecule has 2 aromatic carbocycles. The molecule has 0 aliphatic rings. The summed E-state index contributed by atoms with van der Waals surface area (Å²) in [6.45, 7) is 6.97. The molecule has 0 aliphatic carbocycles. The van der Waals surface area contributed by atoms with Crippen LogP contribution in [0.2, 0.25) is 0 Å². The summed E-state index contributed by atoms with van der Waals surface area (Å²) in [5.41, 5.74) is 4.02. The van der Waals surface area contributed by atoms with Crippen LogP contribution < -0.4 is 4.74 Å². The Bertz CT molecular complexity index is 1080. The quantitative estimate of drug-likeness (QED) is 0.367. The second-order valence-corrected chi connectivity index (χ2v) is 11.1. The monoisotopic (exact) mass is 492 g/mol. The molecule has 1 heterocycles. The lowest BCUT2D eigenvalue weighted by Crippen LogP contribution is -2.11. The summed E-state index contributed by atoms with van der Waals surface area (Å²) in [6, 6.07) is 12.3. The highest BCUT2D eigenvalue weighted by atomic mass is 79.9. The molecule has 3 rings (SSSR count). The van der Waals surface area contributed by atoms with Crippen LogP contribution in [0.4, 0.5) is 0 Å². The topological polar surface area (TPSA) is 39.4 Å². The van der Waals surface area contributed by atoms with Crippen LogP contribution in [-0.4, -0.2) is 16.7 Å². The maximum Gasteiger partial charge on any atom is 0.148 e.